The average molecular weight is 359 g/mol. The zero-order valence-corrected chi connectivity index (χ0v) is 15.4. The molecule has 2 aromatic carbocycles. The van der Waals surface area contributed by atoms with E-state index in [-0.39, 0.29) is 0 Å². The fraction of sp³-hybridized carbons (Fsp3) is 0.143. The molecule has 26 heavy (non-hydrogen) atoms. The number of methoxy groups -OCH3 is 1. The van der Waals surface area contributed by atoms with E-state index < -0.39 is 0 Å². The van der Waals surface area contributed by atoms with Crippen molar-refractivity contribution in [3.63, 3.8) is 0 Å². The number of benzene rings is 2. The summed E-state index contributed by atoms with van der Waals surface area (Å²) >= 11 is 1.63. The first-order chi connectivity index (χ1) is 12.7. The quantitative estimate of drug-likeness (QED) is 0.488. The summed E-state index contributed by atoms with van der Waals surface area (Å²) in [5.74, 6) is 0.843. The van der Waals surface area contributed by atoms with E-state index in [4.69, 9.17) is 4.74 Å². The van der Waals surface area contributed by atoms with Crippen molar-refractivity contribution in [2.75, 3.05) is 7.11 Å². The normalized spacial score (nSPS) is 12.1. The number of aryl methyl sites for hydroxylation is 1. The molecule has 0 spiro atoms. The Labute approximate surface area is 155 Å². The van der Waals surface area contributed by atoms with E-state index in [2.05, 4.69) is 46.4 Å². The van der Waals surface area contributed by atoms with Gasteiger partial charge < -0.3 is 9.72 Å². The van der Waals surface area contributed by atoms with E-state index in [9.17, 15) is 0 Å². The third kappa shape index (κ3) is 2.28. The van der Waals surface area contributed by atoms with E-state index in [1.54, 1.807) is 18.4 Å². The third-order valence-electron chi connectivity index (χ3n) is 4.92. The summed E-state index contributed by atoms with van der Waals surface area (Å²) in [6.07, 6.45) is 0.947. The van der Waals surface area contributed by atoms with Gasteiger partial charge in [-0.05, 0) is 42.3 Å². The topological polar surface area (TPSA) is 50.8 Å². The summed E-state index contributed by atoms with van der Waals surface area (Å²) in [6, 6.07) is 16.5. The second-order valence-corrected chi connectivity index (χ2v) is 7.43. The van der Waals surface area contributed by atoms with Gasteiger partial charge in [0.25, 0.3) is 0 Å². The van der Waals surface area contributed by atoms with Crippen molar-refractivity contribution < 1.29 is 4.74 Å². The number of aromatic nitrogens is 3. The molecule has 0 unspecified atom stereocenters. The van der Waals surface area contributed by atoms with Gasteiger partial charge in [-0.1, -0.05) is 35.6 Å². The predicted octanol–water partition coefficient (Wildman–Crippen LogP) is 5.09. The van der Waals surface area contributed by atoms with Gasteiger partial charge in [0.1, 0.15) is 15.8 Å². The lowest BCUT2D eigenvalue weighted by molar-refractivity contribution is 0.415. The van der Waals surface area contributed by atoms with Crippen LogP contribution in [0.5, 0.6) is 5.75 Å². The van der Waals surface area contributed by atoms with Gasteiger partial charge in [0.2, 0.25) is 0 Å². The minimum absolute atomic E-state index is 0.843. The van der Waals surface area contributed by atoms with Crippen LogP contribution in [0.25, 0.3) is 32.4 Å². The van der Waals surface area contributed by atoms with E-state index in [1.807, 2.05) is 24.3 Å². The largest absolute Gasteiger partial charge is 0.497 e. The Hall–Kier alpha value is -2.92. The molecule has 0 atom stereocenters. The molecule has 2 aromatic heterocycles. The van der Waals surface area contributed by atoms with Gasteiger partial charge in [-0.25, -0.2) is 0 Å². The highest BCUT2D eigenvalue weighted by molar-refractivity contribution is 7.18. The molecule has 1 aliphatic rings. The number of hydrogen-bond donors (Lipinski definition) is 1. The van der Waals surface area contributed by atoms with Gasteiger partial charge in [-0.2, -0.15) is 0 Å². The molecule has 2 heterocycles. The number of nitrogens with one attached hydrogen (secondary N) is 1. The number of ether oxygens (including phenoxy) is 1. The van der Waals surface area contributed by atoms with Crippen molar-refractivity contribution >= 4 is 11.3 Å². The van der Waals surface area contributed by atoms with Gasteiger partial charge >= 0.3 is 0 Å². The first-order valence-electron chi connectivity index (χ1n) is 8.52. The Morgan fingerprint density at radius 3 is 2.58 bits per heavy atom. The van der Waals surface area contributed by atoms with Crippen LogP contribution in [-0.2, 0) is 6.42 Å². The molecule has 4 aromatic rings. The van der Waals surface area contributed by atoms with Crippen molar-refractivity contribution in [1.29, 1.82) is 0 Å². The van der Waals surface area contributed by atoms with Gasteiger partial charge in [0.15, 0.2) is 0 Å². The summed E-state index contributed by atoms with van der Waals surface area (Å²) in [7, 11) is 1.67. The molecular weight excluding hydrogens is 342 g/mol. The van der Waals surface area contributed by atoms with Crippen LogP contribution in [0.15, 0.2) is 48.5 Å². The molecule has 1 N–H and O–H groups in total. The van der Waals surface area contributed by atoms with Crippen molar-refractivity contribution in [2.24, 2.45) is 0 Å². The lowest BCUT2D eigenvalue weighted by atomic mass is 10.1. The van der Waals surface area contributed by atoms with Crippen LogP contribution in [0.1, 0.15) is 16.8 Å². The van der Waals surface area contributed by atoms with E-state index in [1.165, 1.54) is 27.9 Å². The zero-order chi connectivity index (χ0) is 17.7. The van der Waals surface area contributed by atoms with Crippen molar-refractivity contribution in [3.8, 4) is 38.1 Å². The molecule has 0 bridgehead atoms. The maximum atomic E-state index is 5.23. The second kappa shape index (κ2) is 5.81. The molecule has 4 nitrogen and oxygen atoms in total. The zero-order valence-electron chi connectivity index (χ0n) is 14.5. The SMILES string of the molecule is COc1ccc(-c2nnc(-c3c(C)[nH]c4c3Cc3ccccc3-4)s2)cc1. The summed E-state index contributed by atoms with van der Waals surface area (Å²) in [5, 5.41) is 10.8. The number of rotatable bonds is 3. The van der Waals surface area contributed by atoms with E-state index in [0.29, 0.717) is 0 Å². The number of fused-ring (bicyclic) bond motifs is 3. The van der Waals surface area contributed by atoms with Crippen LogP contribution in [0, 0.1) is 6.92 Å². The highest BCUT2D eigenvalue weighted by Gasteiger charge is 2.27. The summed E-state index contributed by atoms with van der Waals surface area (Å²) < 4.78 is 5.23. The van der Waals surface area contributed by atoms with Crippen LogP contribution in [0.4, 0.5) is 0 Å². The first kappa shape index (κ1) is 15.3. The molecule has 1 aliphatic carbocycles. The fourth-order valence-corrected chi connectivity index (χ4v) is 4.63. The molecule has 5 rings (SSSR count). The Morgan fingerprint density at radius 2 is 1.77 bits per heavy atom. The van der Waals surface area contributed by atoms with Crippen LogP contribution in [0.2, 0.25) is 0 Å². The smallest absolute Gasteiger partial charge is 0.150 e. The molecule has 0 fully saturated rings. The molecule has 0 saturated carbocycles. The molecule has 5 heteroatoms. The Kier molecular flexibility index (Phi) is 3.43. The van der Waals surface area contributed by atoms with Gasteiger partial charge in [-0.15, -0.1) is 10.2 Å². The Bertz CT molecular complexity index is 1110. The maximum Gasteiger partial charge on any atom is 0.150 e. The average Bonchev–Trinajstić information content (AvgIpc) is 3.35. The standard InChI is InChI=1S/C21H17N3OS/c1-12-18(17-11-14-5-3-4-6-16(14)19(17)22-12)21-24-23-20(26-21)13-7-9-15(25-2)10-8-13/h3-10,22H,11H2,1-2H3. The first-order valence-corrected chi connectivity index (χ1v) is 9.34. The number of aromatic amines is 1. The van der Waals surface area contributed by atoms with Crippen molar-refractivity contribution in [2.45, 2.75) is 13.3 Å². The predicted molar refractivity (Wildman–Crippen MR) is 105 cm³/mol. The molecule has 0 saturated heterocycles. The number of H-pyrrole nitrogens is 1. The highest BCUT2D eigenvalue weighted by atomic mass is 32.1. The summed E-state index contributed by atoms with van der Waals surface area (Å²) in [6.45, 7) is 2.12. The van der Waals surface area contributed by atoms with Crippen LogP contribution >= 0.6 is 11.3 Å². The molecule has 0 amide bonds. The van der Waals surface area contributed by atoms with E-state index in [0.717, 1.165) is 33.4 Å². The minimum atomic E-state index is 0.843. The van der Waals surface area contributed by atoms with Crippen LogP contribution < -0.4 is 4.74 Å². The molecular formula is C21H17N3OS. The highest BCUT2D eigenvalue weighted by Crippen LogP contribution is 2.44. The van der Waals surface area contributed by atoms with Crippen LogP contribution in [-0.4, -0.2) is 22.3 Å². The van der Waals surface area contributed by atoms with E-state index >= 15 is 0 Å². The third-order valence-corrected chi connectivity index (χ3v) is 5.91. The lowest BCUT2D eigenvalue weighted by Crippen LogP contribution is -1.86. The minimum Gasteiger partial charge on any atom is -0.497 e. The monoisotopic (exact) mass is 359 g/mol. The van der Waals surface area contributed by atoms with Gasteiger partial charge in [-0.3, -0.25) is 0 Å². The fourth-order valence-electron chi connectivity index (χ4n) is 3.66. The lowest BCUT2D eigenvalue weighted by Gasteiger charge is -2.00. The van der Waals surface area contributed by atoms with Gasteiger partial charge in [0.05, 0.1) is 12.8 Å². The Balaban J connectivity index is 1.56. The van der Waals surface area contributed by atoms with Gasteiger partial charge in [0, 0.05) is 28.8 Å². The number of hydrogen-bond acceptors (Lipinski definition) is 4. The maximum absolute atomic E-state index is 5.23. The van der Waals surface area contributed by atoms with Crippen LogP contribution in [0.3, 0.4) is 0 Å². The number of nitrogens with zero attached hydrogens (tertiary/aromatic N) is 2. The molecule has 0 radical (unpaired) electrons. The van der Waals surface area contributed by atoms with Crippen molar-refractivity contribution in [1.82, 2.24) is 15.2 Å². The van der Waals surface area contributed by atoms with Crippen molar-refractivity contribution in [3.05, 3.63) is 65.4 Å². The summed E-state index contributed by atoms with van der Waals surface area (Å²) in [4.78, 5) is 3.57. The summed E-state index contributed by atoms with van der Waals surface area (Å²) in [5.41, 5.74) is 8.65. The Morgan fingerprint density at radius 1 is 1.00 bits per heavy atom. The molecule has 128 valence electrons. The second-order valence-electron chi connectivity index (χ2n) is 6.45. The molecule has 0 aliphatic heterocycles.